The van der Waals surface area contributed by atoms with Crippen molar-refractivity contribution < 1.29 is 22.7 Å². The molecular weight excluding hydrogens is 358 g/mol. The first-order valence-corrected chi connectivity index (χ1v) is 9.80. The molecule has 8 nitrogen and oxygen atoms in total. The van der Waals surface area contributed by atoms with Gasteiger partial charge >= 0.3 is 5.97 Å². The number of sulfonamides is 1. The maximum absolute atomic E-state index is 12.1. The Bertz CT molecular complexity index is 793. The van der Waals surface area contributed by atoms with Gasteiger partial charge in [-0.15, -0.1) is 0 Å². The first-order chi connectivity index (χ1) is 12.3. The topological polar surface area (TPSA) is 125 Å². The largest absolute Gasteiger partial charge is 0.452 e. The second-order valence-electron chi connectivity index (χ2n) is 6.08. The molecule has 2 N–H and O–H groups in total. The third-order valence-electron chi connectivity index (χ3n) is 4.08. The number of esters is 1. The highest BCUT2D eigenvalue weighted by Gasteiger charge is 2.24. The van der Waals surface area contributed by atoms with Crippen LogP contribution in [0.1, 0.15) is 38.2 Å². The van der Waals surface area contributed by atoms with Gasteiger partial charge in [0.1, 0.15) is 6.54 Å². The average Bonchev–Trinajstić information content (AvgIpc) is 3.13. The molecule has 1 aliphatic rings. The summed E-state index contributed by atoms with van der Waals surface area (Å²) in [5, 5.41) is 11.5. The van der Waals surface area contributed by atoms with Gasteiger partial charge in [0, 0.05) is 6.04 Å². The molecule has 0 spiro atoms. The van der Waals surface area contributed by atoms with Gasteiger partial charge in [0.05, 0.1) is 16.5 Å². The lowest BCUT2D eigenvalue weighted by Gasteiger charge is -2.17. The normalized spacial score (nSPS) is 15.8. The summed E-state index contributed by atoms with van der Waals surface area (Å²) < 4.78 is 31.3. The molecule has 9 heteroatoms. The zero-order valence-electron chi connectivity index (χ0n) is 14.4. The number of carbonyl (C=O) groups excluding carboxylic acids is 2. The van der Waals surface area contributed by atoms with Crippen molar-refractivity contribution in [2.75, 3.05) is 6.54 Å². The molecule has 0 heterocycles. The molecule has 1 amide bonds. The van der Waals surface area contributed by atoms with Crippen LogP contribution in [-0.4, -0.2) is 39.0 Å². The molecule has 1 fully saturated rings. The van der Waals surface area contributed by atoms with Crippen molar-refractivity contribution in [3.63, 3.8) is 0 Å². The predicted octanol–water partition coefficient (Wildman–Crippen LogP) is 0.827. The lowest BCUT2D eigenvalue weighted by atomic mass is 10.2. The van der Waals surface area contributed by atoms with Crippen molar-refractivity contribution in [2.45, 2.75) is 49.6 Å². The minimum absolute atomic E-state index is 0.0728. The Balaban J connectivity index is 1.82. The SMILES string of the molecule is C[C@H](OC(=O)CNS(=O)(=O)c1ccc(C#N)cc1)C(=O)NC1CCCC1. The van der Waals surface area contributed by atoms with Gasteiger partial charge in [-0.1, -0.05) is 12.8 Å². The van der Waals surface area contributed by atoms with Crippen molar-refractivity contribution >= 4 is 21.9 Å². The summed E-state index contributed by atoms with van der Waals surface area (Å²) in [6, 6.07) is 7.26. The van der Waals surface area contributed by atoms with Crippen LogP contribution in [-0.2, 0) is 24.3 Å². The second-order valence-corrected chi connectivity index (χ2v) is 7.85. The van der Waals surface area contributed by atoms with Gasteiger partial charge in [0.15, 0.2) is 6.10 Å². The van der Waals surface area contributed by atoms with Crippen molar-refractivity contribution in [3.8, 4) is 6.07 Å². The summed E-state index contributed by atoms with van der Waals surface area (Å²) >= 11 is 0. The van der Waals surface area contributed by atoms with Crippen molar-refractivity contribution in [1.29, 1.82) is 5.26 Å². The molecule has 26 heavy (non-hydrogen) atoms. The molecule has 140 valence electrons. The Morgan fingerprint density at radius 2 is 1.88 bits per heavy atom. The van der Waals surface area contributed by atoms with Crippen LogP contribution in [0.2, 0.25) is 0 Å². The highest BCUT2D eigenvalue weighted by atomic mass is 32.2. The summed E-state index contributed by atoms with van der Waals surface area (Å²) in [5.41, 5.74) is 0.324. The van der Waals surface area contributed by atoms with E-state index in [2.05, 4.69) is 10.0 Å². The Kier molecular flexibility index (Phi) is 6.71. The van der Waals surface area contributed by atoms with E-state index in [4.69, 9.17) is 10.00 Å². The number of carbonyl (C=O) groups is 2. The maximum atomic E-state index is 12.1. The molecule has 1 atom stereocenters. The maximum Gasteiger partial charge on any atom is 0.321 e. The summed E-state index contributed by atoms with van der Waals surface area (Å²) in [7, 11) is -3.92. The van der Waals surface area contributed by atoms with E-state index in [0.717, 1.165) is 25.7 Å². The zero-order chi connectivity index (χ0) is 19.2. The van der Waals surface area contributed by atoms with Gasteiger partial charge in [-0.2, -0.15) is 9.98 Å². The van der Waals surface area contributed by atoms with E-state index in [1.165, 1.54) is 31.2 Å². The fourth-order valence-electron chi connectivity index (χ4n) is 2.63. The Morgan fingerprint density at radius 3 is 2.46 bits per heavy atom. The molecule has 0 aromatic heterocycles. The lowest BCUT2D eigenvalue weighted by molar-refractivity contribution is -0.153. The van der Waals surface area contributed by atoms with Gasteiger partial charge in [-0.05, 0) is 44.0 Å². The number of rotatable bonds is 7. The highest BCUT2D eigenvalue weighted by molar-refractivity contribution is 7.89. The number of amides is 1. The molecule has 1 saturated carbocycles. The van der Waals surface area contributed by atoms with Crippen molar-refractivity contribution in [3.05, 3.63) is 29.8 Å². The van der Waals surface area contributed by atoms with Crippen molar-refractivity contribution in [1.82, 2.24) is 10.0 Å². The first kappa shape index (κ1) is 19.9. The molecule has 2 rings (SSSR count). The second kappa shape index (κ2) is 8.78. The summed E-state index contributed by atoms with van der Waals surface area (Å²) in [4.78, 5) is 23.7. The molecule has 0 unspecified atom stereocenters. The van der Waals surface area contributed by atoms with Crippen LogP contribution < -0.4 is 10.0 Å². The van der Waals surface area contributed by atoms with E-state index in [1.54, 1.807) is 0 Å². The van der Waals surface area contributed by atoms with E-state index in [9.17, 15) is 18.0 Å². The zero-order valence-corrected chi connectivity index (χ0v) is 15.2. The quantitative estimate of drug-likeness (QED) is 0.676. The third kappa shape index (κ3) is 5.54. The fourth-order valence-corrected chi connectivity index (χ4v) is 3.60. The number of nitriles is 1. The van der Waals surface area contributed by atoms with E-state index in [0.29, 0.717) is 5.56 Å². The van der Waals surface area contributed by atoms with E-state index in [1.807, 2.05) is 6.07 Å². The standard InChI is InChI=1S/C17H21N3O5S/c1-12(17(22)20-14-4-2-3-5-14)25-16(21)11-19-26(23,24)15-8-6-13(10-18)7-9-15/h6-9,12,14,19H,2-5,11H2,1H3,(H,20,22)/t12-/m0/s1. The minimum atomic E-state index is -3.92. The van der Waals surface area contributed by atoms with Crippen LogP contribution in [0.5, 0.6) is 0 Å². The van der Waals surface area contributed by atoms with E-state index in [-0.39, 0.29) is 16.8 Å². The van der Waals surface area contributed by atoms with E-state index < -0.39 is 28.6 Å². The van der Waals surface area contributed by atoms with Gasteiger partial charge in [0.2, 0.25) is 10.0 Å². The Hall–Kier alpha value is -2.44. The number of nitrogens with one attached hydrogen (secondary N) is 2. The number of hydrogen-bond donors (Lipinski definition) is 2. The Labute approximate surface area is 152 Å². The average molecular weight is 379 g/mol. The van der Waals surface area contributed by atoms with Crippen molar-refractivity contribution in [2.24, 2.45) is 0 Å². The summed E-state index contributed by atoms with van der Waals surface area (Å²) in [6.07, 6.45) is 2.96. The molecule has 1 aliphatic carbocycles. The van der Waals surface area contributed by atoms with Crippen LogP contribution in [0.15, 0.2) is 29.2 Å². The molecule has 0 aliphatic heterocycles. The predicted molar refractivity (Wildman–Crippen MR) is 92.3 cm³/mol. The van der Waals surface area contributed by atoms with Crippen LogP contribution in [0.3, 0.4) is 0 Å². The van der Waals surface area contributed by atoms with Crippen LogP contribution >= 0.6 is 0 Å². The molecule has 0 radical (unpaired) electrons. The summed E-state index contributed by atoms with van der Waals surface area (Å²) in [6.45, 7) is 0.848. The lowest BCUT2D eigenvalue weighted by Crippen LogP contribution is -2.42. The highest BCUT2D eigenvalue weighted by Crippen LogP contribution is 2.17. The van der Waals surface area contributed by atoms with Crippen LogP contribution in [0.25, 0.3) is 0 Å². The number of benzene rings is 1. The van der Waals surface area contributed by atoms with Gasteiger partial charge in [0.25, 0.3) is 5.91 Å². The van der Waals surface area contributed by atoms with Crippen LogP contribution in [0.4, 0.5) is 0 Å². The van der Waals surface area contributed by atoms with Gasteiger partial charge in [-0.3, -0.25) is 9.59 Å². The number of nitrogens with zero attached hydrogens (tertiary/aromatic N) is 1. The van der Waals surface area contributed by atoms with Gasteiger partial charge < -0.3 is 10.1 Å². The Morgan fingerprint density at radius 1 is 1.27 bits per heavy atom. The molecular formula is C17H21N3O5S. The molecule has 0 saturated heterocycles. The van der Waals surface area contributed by atoms with Crippen LogP contribution in [0, 0.1) is 11.3 Å². The number of hydrogen-bond acceptors (Lipinski definition) is 6. The monoisotopic (exact) mass is 379 g/mol. The smallest absolute Gasteiger partial charge is 0.321 e. The number of ether oxygens (including phenoxy) is 1. The first-order valence-electron chi connectivity index (χ1n) is 8.31. The minimum Gasteiger partial charge on any atom is -0.452 e. The fraction of sp³-hybridized carbons (Fsp3) is 0.471. The third-order valence-corrected chi connectivity index (χ3v) is 5.50. The van der Waals surface area contributed by atoms with E-state index >= 15 is 0 Å². The molecule has 1 aromatic carbocycles. The molecule has 0 bridgehead atoms. The van der Waals surface area contributed by atoms with Gasteiger partial charge in [-0.25, -0.2) is 8.42 Å². The summed E-state index contributed by atoms with van der Waals surface area (Å²) in [5.74, 6) is -1.24. The molecule has 1 aromatic rings.